The highest BCUT2D eigenvalue weighted by Gasteiger charge is 2.34. The standard InChI is InChI=1S/C19H27N5OS2/c1-13-6-8-15(9-7-13)24(14-4-2-3-5-14)19(25)23-18-22-12-16(27-18)26-17-20-10-11-21-17/h10-15H,2-9H2,1H3,(H,20,21)(H,22,23,25). The molecule has 2 amide bonds. The average Bonchev–Trinajstić information content (AvgIpc) is 3.41. The summed E-state index contributed by atoms with van der Waals surface area (Å²) in [6, 6.07) is 0.798. The first-order valence-electron chi connectivity index (χ1n) is 9.91. The van der Waals surface area contributed by atoms with Gasteiger partial charge in [-0.3, -0.25) is 5.32 Å². The topological polar surface area (TPSA) is 73.9 Å². The average molecular weight is 406 g/mol. The van der Waals surface area contributed by atoms with Gasteiger partial charge in [0.25, 0.3) is 0 Å². The summed E-state index contributed by atoms with van der Waals surface area (Å²) in [5.74, 6) is 0.787. The molecule has 2 aliphatic rings. The van der Waals surface area contributed by atoms with Gasteiger partial charge in [0.1, 0.15) is 0 Å². The van der Waals surface area contributed by atoms with Crippen LogP contribution in [0.15, 0.2) is 28.0 Å². The summed E-state index contributed by atoms with van der Waals surface area (Å²) in [5, 5.41) is 4.58. The summed E-state index contributed by atoms with van der Waals surface area (Å²) < 4.78 is 1.01. The van der Waals surface area contributed by atoms with E-state index in [0.29, 0.717) is 17.2 Å². The Morgan fingerprint density at radius 1 is 1.19 bits per heavy atom. The zero-order chi connectivity index (χ0) is 18.6. The molecule has 0 aliphatic heterocycles. The van der Waals surface area contributed by atoms with Crippen LogP contribution in [0.25, 0.3) is 0 Å². The van der Waals surface area contributed by atoms with Crippen LogP contribution in [0.4, 0.5) is 9.93 Å². The van der Waals surface area contributed by atoms with E-state index in [2.05, 4.69) is 32.1 Å². The summed E-state index contributed by atoms with van der Waals surface area (Å²) in [6.07, 6.45) is 14.8. The van der Waals surface area contributed by atoms with Gasteiger partial charge in [-0.15, -0.1) is 0 Å². The molecule has 0 spiro atoms. The van der Waals surface area contributed by atoms with E-state index in [1.807, 2.05) is 0 Å². The Kier molecular flexibility index (Phi) is 6.02. The van der Waals surface area contributed by atoms with Crippen molar-refractivity contribution in [1.29, 1.82) is 0 Å². The van der Waals surface area contributed by atoms with Crippen LogP contribution in [0.3, 0.4) is 0 Å². The number of imidazole rings is 1. The van der Waals surface area contributed by atoms with Gasteiger partial charge in [-0.25, -0.2) is 14.8 Å². The van der Waals surface area contributed by atoms with E-state index in [9.17, 15) is 4.79 Å². The number of hydrogen-bond donors (Lipinski definition) is 2. The normalized spacial score (nSPS) is 23.4. The molecule has 2 saturated carbocycles. The minimum absolute atomic E-state index is 0.0327. The van der Waals surface area contributed by atoms with Gasteiger partial charge in [0.2, 0.25) is 0 Å². The number of carbonyl (C=O) groups is 1. The number of nitrogens with zero attached hydrogens (tertiary/aromatic N) is 3. The molecule has 2 aromatic heterocycles. The second-order valence-corrected chi connectivity index (χ2v) is 9.99. The Morgan fingerprint density at radius 2 is 1.93 bits per heavy atom. The number of carbonyl (C=O) groups excluding carboxylic acids is 1. The van der Waals surface area contributed by atoms with Gasteiger partial charge in [-0.1, -0.05) is 31.1 Å². The number of nitrogens with one attached hydrogen (secondary N) is 2. The van der Waals surface area contributed by atoms with E-state index >= 15 is 0 Å². The summed E-state index contributed by atoms with van der Waals surface area (Å²) >= 11 is 3.03. The number of urea groups is 1. The van der Waals surface area contributed by atoms with Gasteiger partial charge in [-0.2, -0.15) is 0 Å². The maximum absolute atomic E-state index is 13.2. The highest BCUT2D eigenvalue weighted by molar-refractivity contribution is 8.01. The molecule has 4 rings (SSSR count). The summed E-state index contributed by atoms with van der Waals surface area (Å²) in [6.45, 7) is 2.32. The molecule has 6 nitrogen and oxygen atoms in total. The monoisotopic (exact) mass is 405 g/mol. The number of aromatic nitrogens is 3. The molecule has 2 aliphatic carbocycles. The zero-order valence-corrected chi connectivity index (χ0v) is 17.3. The van der Waals surface area contributed by atoms with Crippen molar-refractivity contribution in [1.82, 2.24) is 19.9 Å². The largest absolute Gasteiger partial charge is 0.339 e. The van der Waals surface area contributed by atoms with Crippen LogP contribution in [0.1, 0.15) is 58.3 Å². The lowest BCUT2D eigenvalue weighted by molar-refractivity contribution is 0.124. The second kappa shape index (κ2) is 8.65. The molecular formula is C19H27N5OS2. The van der Waals surface area contributed by atoms with Gasteiger partial charge in [-0.05, 0) is 56.2 Å². The maximum atomic E-state index is 13.2. The molecule has 2 aromatic rings. The number of amides is 2. The number of hydrogen-bond acceptors (Lipinski definition) is 5. The van der Waals surface area contributed by atoms with Crippen molar-refractivity contribution in [2.45, 2.75) is 79.7 Å². The fourth-order valence-electron chi connectivity index (χ4n) is 4.26. The van der Waals surface area contributed by atoms with Crippen LogP contribution in [-0.2, 0) is 0 Å². The van der Waals surface area contributed by atoms with Crippen LogP contribution in [0.5, 0.6) is 0 Å². The van der Waals surface area contributed by atoms with E-state index < -0.39 is 0 Å². The Bertz CT molecular complexity index is 733. The molecule has 0 unspecified atom stereocenters. The second-order valence-electron chi connectivity index (χ2n) is 7.67. The number of aromatic amines is 1. The van der Waals surface area contributed by atoms with Crippen LogP contribution < -0.4 is 5.32 Å². The molecule has 8 heteroatoms. The lowest BCUT2D eigenvalue weighted by atomic mass is 9.86. The Labute approximate surface area is 168 Å². The first-order chi connectivity index (χ1) is 13.2. The quantitative estimate of drug-likeness (QED) is 0.701. The molecule has 0 aromatic carbocycles. The van der Waals surface area contributed by atoms with Crippen molar-refractivity contribution in [3.63, 3.8) is 0 Å². The maximum Gasteiger partial charge on any atom is 0.324 e. The van der Waals surface area contributed by atoms with E-state index in [-0.39, 0.29) is 6.03 Å². The van der Waals surface area contributed by atoms with Crippen molar-refractivity contribution in [3.05, 3.63) is 18.6 Å². The third kappa shape index (κ3) is 4.66. The minimum atomic E-state index is 0.0327. The summed E-state index contributed by atoms with van der Waals surface area (Å²) in [4.78, 5) is 27.0. The Hall–Kier alpha value is -1.54. The lowest BCUT2D eigenvalue weighted by Gasteiger charge is -2.39. The summed E-state index contributed by atoms with van der Waals surface area (Å²) in [7, 11) is 0. The molecule has 27 heavy (non-hydrogen) atoms. The number of H-pyrrole nitrogens is 1. The third-order valence-electron chi connectivity index (χ3n) is 5.70. The molecule has 146 valence electrons. The lowest BCUT2D eigenvalue weighted by Crippen LogP contribution is -2.49. The van der Waals surface area contributed by atoms with E-state index in [0.717, 1.165) is 41.0 Å². The highest BCUT2D eigenvalue weighted by Crippen LogP contribution is 2.35. The molecule has 2 fully saturated rings. The van der Waals surface area contributed by atoms with Gasteiger partial charge < -0.3 is 9.88 Å². The van der Waals surface area contributed by atoms with Crippen LogP contribution in [0.2, 0.25) is 0 Å². The van der Waals surface area contributed by atoms with Crippen LogP contribution in [-0.4, -0.2) is 38.0 Å². The van der Waals surface area contributed by atoms with Gasteiger partial charge >= 0.3 is 6.03 Å². The molecule has 0 bridgehead atoms. The fraction of sp³-hybridized carbons (Fsp3) is 0.632. The van der Waals surface area contributed by atoms with E-state index in [1.165, 1.54) is 48.8 Å². The SMILES string of the molecule is CC1CCC(N(C(=O)Nc2ncc(Sc3ncc[nH]3)s2)C2CCCC2)CC1. The van der Waals surface area contributed by atoms with Crippen molar-refractivity contribution in [2.24, 2.45) is 5.92 Å². The number of thiazole rings is 1. The van der Waals surface area contributed by atoms with Gasteiger partial charge in [0, 0.05) is 24.5 Å². The molecule has 0 atom stereocenters. The molecule has 2 heterocycles. The zero-order valence-electron chi connectivity index (χ0n) is 15.7. The predicted octanol–water partition coefficient (Wildman–Crippen LogP) is 5.37. The van der Waals surface area contributed by atoms with Gasteiger partial charge in [0.05, 0.1) is 10.4 Å². The number of rotatable bonds is 5. The molecule has 2 N–H and O–H groups in total. The fourth-order valence-corrected chi connectivity index (χ4v) is 5.97. The van der Waals surface area contributed by atoms with Crippen molar-refractivity contribution in [2.75, 3.05) is 5.32 Å². The van der Waals surface area contributed by atoms with Crippen LogP contribution in [0, 0.1) is 5.92 Å². The van der Waals surface area contributed by atoms with Crippen LogP contribution >= 0.6 is 23.1 Å². The van der Waals surface area contributed by atoms with Gasteiger partial charge in [0.15, 0.2) is 10.3 Å². The smallest absolute Gasteiger partial charge is 0.324 e. The Balaban J connectivity index is 1.42. The van der Waals surface area contributed by atoms with E-state index in [4.69, 9.17) is 0 Å². The predicted molar refractivity (Wildman–Crippen MR) is 109 cm³/mol. The first-order valence-corrected chi connectivity index (χ1v) is 11.5. The molecule has 0 radical (unpaired) electrons. The number of anilines is 1. The Morgan fingerprint density at radius 3 is 2.63 bits per heavy atom. The molecule has 0 saturated heterocycles. The minimum Gasteiger partial charge on any atom is -0.339 e. The molecular weight excluding hydrogens is 378 g/mol. The van der Waals surface area contributed by atoms with Crippen molar-refractivity contribution < 1.29 is 4.79 Å². The highest BCUT2D eigenvalue weighted by atomic mass is 32.2. The van der Waals surface area contributed by atoms with Crippen molar-refractivity contribution >= 4 is 34.3 Å². The van der Waals surface area contributed by atoms with Crippen molar-refractivity contribution in [3.8, 4) is 0 Å². The first kappa shape index (κ1) is 18.8. The third-order valence-corrected chi connectivity index (χ3v) is 7.63. The summed E-state index contributed by atoms with van der Waals surface area (Å²) in [5.41, 5.74) is 0. The van der Waals surface area contributed by atoms with E-state index in [1.54, 1.807) is 18.6 Å².